The minimum absolute atomic E-state index is 0.0692. The lowest BCUT2D eigenvalue weighted by Crippen LogP contribution is -2.34. The molecule has 0 aliphatic carbocycles. The van der Waals surface area contributed by atoms with Crippen molar-refractivity contribution in [2.75, 3.05) is 13.1 Å². The van der Waals surface area contributed by atoms with E-state index in [0.717, 1.165) is 18.6 Å². The van der Waals surface area contributed by atoms with Crippen molar-refractivity contribution in [1.82, 2.24) is 14.7 Å². The standard InChI is InChI=1S/C17H19F3N4O/c1-11-7-12(9-21)10-23(11)16(25)15-5-6-24(22-15)14-4-2-3-13(8-14)17(18,19)20/h2-6,8,11-12H,7,9-10,21H2,1H3. The van der Waals surface area contributed by atoms with Crippen LogP contribution in [0.2, 0.25) is 0 Å². The van der Waals surface area contributed by atoms with Crippen molar-refractivity contribution in [3.63, 3.8) is 0 Å². The summed E-state index contributed by atoms with van der Waals surface area (Å²) >= 11 is 0. The van der Waals surface area contributed by atoms with E-state index < -0.39 is 11.7 Å². The molecule has 0 radical (unpaired) electrons. The molecule has 2 heterocycles. The van der Waals surface area contributed by atoms with Gasteiger partial charge in [0.2, 0.25) is 0 Å². The predicted octanol–water partition coefficient (Wildman–Crippen LogP) is 2.70. The van der Waals surface area contributed by atoms with Crippen molar-refractivity contribution in [3.05, 3.63) is 47.8 Å². The molecule has 5 nitrogen and oxygen atoms in total. The first-order valence-electron chi connectivity index (χ1n) is 8.04. The SMILES string of the molecule is CC1CC(CN)CN1C(=O)c1ccn(-c2cccc(C(F)(F)F)c2)n1. The summed E-state index contributed by atoms with van der Waals surface area (Å²) < 4.78 is 39.8. The number of likely N-dealkylation sites (tertiary alicyclic amines) is 1. The third kappa shape index (κ3) is 3.53. The molecule has 1 aliphatic rings. The molecule has 1 aliphatic heterocycles. The van der Waals surface area contributed by atoms with Crippen LogP contribution in [0.4, 0.5) is 13.2 Å². The monoisotopic (exact) mass is 352 g/mol. The van der Waals surface area contributed by atoms with Crippen LogP contribution in [0.15, 0.2) is 36.5 Å². The number of nitrogens with zero attached hydrogens (tertiary/aromatic N) is 3. The van der Waals surface area contributed by atoms with E-state index in [4.69, 9.17) is 5.73 Å². The van der Waals surface area contributed by atoms with E-state index in [9.17, 15) is 18.0 Å². The number of amides is 1. The average molecular weight is 352 g/mol. The van der Waals surface area contributed by atoms with Crippen molar-refractivity contribution in [1.29, 1.82) is 0 Å². The number of carbonyl (C=O) groups is 1. The quantitative estimate of drug-likeness (QED) is 0.924. The molecule has 1 amide bonds. The number of carbonyl (C=O) groups excluding carboxylic acids is 1. The number of benzene rings is 1. The molecular weight excluding hydrogens is 333 g/mol. The molecule has 1 saturated heterocycles. The Morgan fingerprint density at radius 3 is 2.76 bits per heavy atom. The van der Waals surface area contributed by atoms with Gasteiger partial charge in [0.1, 0.15) is 0 Å². The van der Waals surface area contributed by atoms with Crippen LogP contribution in [0, 0.1) is 5.92 Å². The molecule has 1 aromatic carbocycles. The number of hydrogen-bond donors (Lipinski definition) is 1. The van der Waals surface area contributed by atoms with Crippen molar-refractivity contribution < 1.29 is 18.0 Å². The van der Waals surface area contributed by atoms with E-state index in [1.165, 1.54) is 29.1 Å². The molecule has 134 valence electrons. The van der Waals surface area contributed by atoms with Crippen LogP contribution in [0.25, 0.3) is 5.69 Å². The fraction of sp³-hybridized carbons (Fsp3) is 0.412. The molecule has 2 aromatic rings. The van der Waals surface area contributed by atoms with E-state index >= 15 is 0 Å². The Labute approximate surface area is 143 Å². The summed E-state index contributed by atoms with van der Waals surface area (Å²) in [6.45, 7) is 3.05. The Balaban J connectivity index is 1.82. The summed E-state index contributed by atoms with van der Waals surface area (Å²) in [7, 11) is 0. The van der Waals surface area contributed by atoms with Gasteiger partial charge in [-0.25, -0.2) is 4.68 Å². The minimum atomic E-state index is -4.43. The van der Waals surface area contributed by atoms with Gasteiger partial charge in [0.05, 0.1) is 11.3 Å². The van der Waals surface area contributed by atoms with E-state index in [1.807, 2.05) is 6.92 Å². The van der Waals surface area contributed by atoms with E-state index in [1.54, 1.807) is 4.90 Å². The lowest BCUT2D eigenvalue weighted by Gasteiger charge is -2.20. The summed E-state index contributed by atoms with van der Waals surface area (Å²) in [5.74, 6) is 0.0404. The fourth-order valence-corrected chi connectivity index (χ4v) is 3.15. The first-order valence-corrected chi connectivity index (χ1v) is 8.04. The molecular formula is C17H19F3N4O. The number of alkyl halides is 3. The lowest BCUT2D eigenvalue weighted by molar-refractivity contribution is -0.137. The molecule has 8 heteroatoms. The van der Waals surface area contributed by atoms with Gasteiger partial charge >= 0.3 is 6.18 Å². The molecule has 0 saturated carbocycles. The zero-order valence-corrected chi connectivity index (χ0v) is 13.7. The topological polar surface area (TPSA) is 64.2 Å². The van der Waals surface area contributed by atoms with Crippen LogP contribution >= 0.6 is 0 Å². The third-order valence-corrected chi connectivity index (χ3v) is 4.50. The van der Waals surface area contributed by atoms with Crippen molar-refractivity contribution in [3.8, 4) is 5.69 Å². The molecule has 2 atom stereocenters. The van der Waals surface area contributed by atoms with Gasteiger partial charge in [0, 0.05) is 18.8 Å². The zero-order chi connectivity index (χ0) is 18.2. The molecule has 0 bridgehead atoms. The highest BCUT2D eigenvalue weighted by Gasteiger charge is 2.33. The number of aromatic nitrogens is 2. The maximum Gasteiger partial charge on any atom is 0.416 e. The molecule has 25 heavy (non-hydrogen) atoms. The second kappa shape index (κ2) is 6.51. The Hall–Kier alpha value is -2.35. The summed E-state index contributed by atoms with van der Waals surface area (Å²) in [5, 5.41) is 4.16. The zero-order valence-electron chi connectivity index (χ0n) is 13.7. The first-order chi connectivity index (χ1) is 11.8. The van der Waals surface area contributed by atoms with Gasteiger partial charge in [-0.3, -0.25) is 4.79 Å². The second-order valence-corrected chi connectivity index (χ2v) is 6.34. The fourth-order valence-electron chi connectivity index (χ4n) is 3.15. The molecule has 1 fully saturated rings. The van der Waals surface area contributed by atoms with Gasteiger partial charge in [-0.05, 0) is 50.1 Å². The van der Waals surface area contributed by atoms with Crippen molar-refractivity contribution in [2.45, 2.75) is 25.6 Å². The van der Waals surface area contributed by atoms with E-state index in [2.05, 4.69) is 5.10 Å². The number of nitrogens with two attached hydrogens (primary N) is 1. The number of halogens is 3. The largest absolute Gasteiger partial charge is 0.416 e. The Morgan fingerprint density at radius 2 is 2.12 bits per heavy atom. The maximum absolute atomic E-state index is 12.8. The number of hydrogen-bond acceptors (Lipinski definition) is 3. The van der Waals surface area contributed by atoms with Gasteiger partial charge in [-0.1, -0.05) is 6.07 Å². The highest BCUT2D eigenvalue weighted by Crippen LogP contribution is 2.30. The van der Waals surface area contributed by atoms with Gasteiger partial charge in [0.15, 0.2) is 5.69 Å². The summed E-state index contributed by atoms with van der Waals surface area (Å²) in [6.07, 6.45) is -2.09. The van der Waals surface area contributed by atoms with Crippen LogP contribution in [0.1, 0.15) is 29.4 Å². The summed E-state index contributed by atoms with van der Waals surface area (Å²) in [6, 6.07) is 6.42. The molecule has 1 aromatic heterocycles. The Morgan fingerprint density at radius 1 is 1.36 bits per heavy atom. The Kier molecular flexibility index (Phi) is 4.55. The third-order valence-electron chi connectivity index (χ3n) is 4.50. The summed E-state index contributed by atoms with van der Waals surface area (Å²) in [4.78, 5) is 14.3. The minimum Gasteiger partial charge on any atom is -0.334 e. The molecule has 2 unspecified atom stereocenters. The van der Waals surface area contributed by atoms with E-state index in [0.29, 0.717) is 13.1 Å². The van der Waals surface area contributed by atoms with Crippen molar-refractivity contribution >= 4 is 5.91 Å². The summed E-state index contributed by atoms with van der Waals surface area (Å²) in [5.41, 5.74) is 5.38. The van der Waals surface area contributed by atoms with Crippen LogP contribution in [0.3, 0.4) is 0 Å². The van der Waals surface area contributed by atoms with Gasteiger partial charge < -0.3 is 10.6 Å². The maximum atomic E-state index is 12.8. The molecule has 2 N–H and O–H groups in total. The molecule has 3 rings (SSSR count). The number of rotatable bonds is 3. The van der Waals surface area contributed by atoms with Crippen LogP contribution in [-0.2, 0) is 6.18 Å². The Bertz CT molecular complexity index is 771. The van der Waals surface area contributed by atoms with Crippen LogP contribution < -0.4 is 5.73 Å². The first kappa shape index (κ1) is 17.5. The molecule has 0 spiro atoms. The second-order valence-electron chi connectivity index (χ2n) is 6.34. The predicted molar refractivity (Wildman–Crippen MR) is 86.2 cm³/mol. The van der Waals surface area contributed by atoms with Gasteiger partial charge in [-0.15, -0.1) is 0 Å². The van der Waals surface area contributed by atoms with Crippen LogP contribution in [-0.4, -0.2) is 39.7 Å². The highest BCUT2D eigenvalue weighted by atomic mass is 19.4. The van der Waals surface area contributed by atoms with Crippen molar-refractivity contribution in [2.24, 2.45) is 11.7 Å². The smallest absolute Gasteiger partial charge is 0.334 e. The normalized spacial score (nSPS) is 20.9. The average Bonchev–Trinajstić information content (AvgIpc) is 3.20. The lowest BCUT2D eigenvalue weighted by atomic mass is 10.1. The van der Waals surface area contributed by atoms with E-state index in [-0.39, 0.29) is 29.2 Å². The van der Waals surface area contributed by atoms with Gasteiger partial charge in [0.25, 0.3) is 5.91 Å². The van der Waals surface area contributed by atoms with Gasteiger partial charge in [-0.2, -0.15) is 18.3 Å². The highest BCUT2D eigenvalue weighted by molar-refractivity contribution is 5.92. The van der Waals surface area contributed by atoms with Crippen LogP contribution in [0.5, 0.6) is 0 Å².